The van der Waals surface area contributed by atoms with Gasteiger partial charge in [-0.05, 0) is 35.7 Å². The summed E-state index contributed by atoms with van der Waals surface area (Å²) in [5.74, 6) is 0.937. The van der Waals surface area contributed by atoms with Crippen molar-refractivity contribution < 1.29 is 9.21 Å². The second kappa shape index (κ2) is 8.47. The van der Waals surface area contributed by atoms with Crippen LogP contribution in [0.4, 0.5) is 5.69 Å². The van der Waals surface area contributed by atoms with Crippen LogP contribution in [-0.4, -0.2) is 17.4 Å². The van der Waals surface area contributed by atoms with Crippen LogP contribution in [-0.2, 0) is 17.9 Å². The number of nitrogens with zero attached hydrogens (tertiary/aromatic N) is 1. The lowest BCUT2D eigenvalue weighted by Gasteiger charge is -2.20. The summed E-state index contributed by atoms with van der Waals surface area (Å²) in [5.41, 5.74) is 0.832. The molecule has 5 heteroatoms. The van der Waals surface area contributed by atoms with E-state index in [-0.39, 0.29) is 5.91 Å². The molecule has 124 valence electrons. The maximum Gasteiger partial charge on any atom is 0.225 e. The first-order valence-electron chi connectivity index (χ1n) is 7.91. The number of benzene rings is 1. The van der Waals surface area contributed by atoms with Gasteiger partial charge < -0.3 is 9.73 Å². The minimum absolute atomic E-state index is 0.0248. The monoisotopic (exact) mass is 340 g/mol. The Labute approximate surface area is 145 Å². The molecule has 1 aromatic carbocycles. The first-order valence-corrected chi connectivity index (χ1v) is 8.79. The second-order valence-corrected chi connectivity index (χ2v) is 6.57. The Balaban J connectivity index is 1.55. The van der Waals surface area contributed by atoms with Crippen molar-refractivity contribution in [3.63, 3.8) is 0 Å². The highest BCUT2D eigenvalue weighted by molar-refractivity contribution is 7.09. The van der Waals surface area contributed by atoms with E-state index in [2.05, 4.69) is 21.7 Å². The summed E-state index contributed by atoms with van der Waals surface area (Å²) in [5, 5.41) is 5.00. The summed E-state index contributed by atoms with van der Waals surface area (Å²) < 4.78 is 5.45. The summed E-state index contributed by atoms with van der Waals surface area (Å²) >= 11 is 1.73. The van der Waals surface area contributed by atoms with Crippen molar-refractivity contribution in [1.29, 1.82) is 0 Å². The molecule has 0 fully saturated rings. The molecule has 3 aromatic rings. The molecule has 0 saturated heterocycles. The lowest BCUT2D eigenvalue weighted by atomic mass is 10.3. The predicted molar refractivity (Wildman–Crippen MR) is 96.8 cm³/mol. The SMILES string of the molecule is O=C(CCN(Cc1ccco1)Cc1cccs1)Nc1ccccc1. The van der Waals surface area contributed by atoms with Gasteiger partial charge in [0.1, 0.15) is 5.76 Å². The van der Waals surface area contributed by atoms with E-state index >= 15 is 0 Å². The number of amides is 1. The zero-order valence-electron chi connectivity index (χ0n) is 13.4. The Morgan fingerprint density at radius 2 is 1.92 bits per heavy atom. The molecule has 0 unspecified atom stereocenters. The molecule has 0 atom stereocenters. The van der Waals surface area contributed by atoms with Crippen molar-refractivity contribution in [3.8, 4) is 0 Å². The Kier molecular flexibility index (Phi) is 5.82. The van der Waals surface area contributed by atoms with Crippen molar-refractivity contribution in [2.24, 2.45) is 0 Å². The third kappa shape index (κ3) is 5.08. The fourth-order valence-corrected chi connectivity index (χ4v) is 3.21. The first kappa shape index (κ1) is 16.5. The largest absolute Gasteiger partial charge is 0.468 e. The van der Waals surface area contributed by atoms with Crippen LogP contribution in [0.2, 0.25) is 0 Å². The first-order chi connectivity index (χ1) is 11.8. The number of rotatable bonds is 8. The van der Waals surface area contributed by atoms with Crippen LogP contribution in [0.3, 0.4) is 0 Å². The maximum atomic E-state index is 12.2. The number of hydrogen-bond donors (Lipinski definition) is 1. The molecule has 1 N–H and O–H groups in total. The molecule has 0 radical (unpaired) electrons. The molecule has 0 aliphatic rings. The molecule has 0 spiro atoms. The molecule has 0 aliphatic heterocycles. The average molecular weight is 340 g/mol. The molecule has 2 heterocycles. The van der Waals surface area contributed by atoms with E-state index in [0.717, 1.165) is 18.0 Å². The van der Waals surface area contributed by atoms with Crippen LogP contribution < -0.4 is 5.32 Å². The van der Waals surface area contributed by atoms with E-state index in [4.69, 9.17) is 4.42 Å². The Morgan fingerprint density at radius 3 is 2.62 bits per heavy atom. The van der Waals surface area contributed by atoms with E-state index in [9.17, 15) is 4.79 Å². The number of para-hydroxylation sites is 1. The van der Waals surface area contributed by atoms with Gasteiger partial charge in [0.25, 0.3) is 0 Å². The Bertz CT molecular complexity index is 688. The molecular formula is C19H20N2O2S. The number of carbonyl (C=O) groups is 1. The number of thiophene rings is 1. The van der Waals surface area contributed by atoms with Crippen LogP contribution in [0.1, 0.15) is 17.1 Å². The zero-order valence-corrected chi connectivity index (χ0v) is 14.2. The van der Waals surface area contributed by atoms with Crippen LogP contribution in [0.15, 0.2) is 70.7 Å². The third-order valence-electron chi connectivity index (χ3n) is 3.63. The quantitative estimate of drug-likeness (QED) is 0.662. The van der Waals surface area contributed by atoms with Gasteiger partial charge >= 0.3 is 0 Å². The van der Waals surface area contributed by atoms with E-state index in [1.165, 1.54) is 4.88 Å². The molecule has 0 bridgehead atoms. The molecule has 3 rings (SSSR count). The molecule has 2 aromatic heterocycles. The smallest absolute Gasteiger partial charge is 0.225 e. The predicted octanol–water partition coefficient (Wildman–Crippen LogP) is 4.37. The van der Waals surface area contributed by atoms with Crippen LogP contribution >= 0.6 is 11.3 Å². The van der Waals surface area contributed by atoms with Gasteiger partial charge in [0.15, 0.2) is 0 Å². The van der Waals surface area contributed by atoms with Crippen molar-refractivity contribution in [2.75, 3.05) is 11.9 Å². The van der Waals surface area contributed by atoms with Crippen LogP contribution in [0.25, 0.3) is 0 Å². The summed E-state index contributed by atoms with van der Waals surface area (Å²) in [6.45, 7) is 2.19. The number of nitrogens with one attached hydrogen (secondary N) is 1. The molecule has 0 aliphatic carbocycles. The Morgan fingerprint density at radius 1 is 1.04 bits per heavy atom. The van der Waals surface area contributed by atoms with E-state index < -0.39 is 0 Å². The van der Waals surface area contributed by atoms with Gasteiger partial charge in [0.2, 0.25) is 5.91 Å². The van der Waals surface area contributed by atoms with Crippen molar-refractivity contribution in [2.45, 2.75) is 19.5 Å². The number of carbonyl (C=O) groups excluding carboxylic acids is 1. The highest BCUT2D eigenvalue weighted by atomic mass is 32.1. The number of hydrogen-bond acceptors (Lipinski definition) is 4. The summed E-state index contributed by atoms with van der Waals surface area (Å²) in [6.07, 6.45) is 2.13. The lowest BCUT2D eigenvalue weighted by molar-refractivity contribution is -0.116. The minimum Gasteiger partial charge on any atom is -0.468 e. The van der Waals surface area contributed by atoms with Gasteiger partial charge in [-0.25, -0.2) is 0 Å². The zero-order chi connectivity index (χ0) is 16.6. The number of anilines is 1. The van der Waals surface area contributed by atoms with Gasteiger partial charge in [-0.3, -0.25) is 9.69 Å². The fraction of sp³-hybridized carbons (Fsp3) is 0.211. The highest BCUT2D eigenvalue weighted by Crippen LogP contribution is 2.15. The van der Waals surface area contributed by atoms with Gasteiger partial charge in [-0.15, -0.1) is 11.3 Å². The number of furan rings is 1. The van der Waals surface area contributed by atoms with Gasteiger partial charge in [-0.1, -0.05) is 24.3 Å². The lowest BCUT2D eigenvalue weighted by Crippen LogP contribution is -2.27. The van der Waals surface area contributed by atoms with Crippen molar-refractivity contribution in [3.05, 3.63) is 76.9 Å². The topological polar surface area (TPSA) is 45.5 Å². The minimum atomic E-state index is 0.0248. The van der Waals surface area contributed by atoms with Crippen LogP contribution in [0.5, 0.6) is 0 Å². The summed E-state index contributed by atoms with van der Waals surface area (Å²) in [7, 11) is 0. The van der Waals surface area contributed by atoms with E-state index in [0.29, 0.717) is 19.5 Å². The summed E-state index contributed by atoms with van der Waals surface area (Å²) in [6, 6.07) is 17.6. The van der Waals surface area contributed by atoms with Crippen molar-refractivity contribution >= 4 is 22.9 Å². The third-order valence-corrected chi connectivity index (χ3v) is 4.49. The Hall–Kier alpha value is -2.37. The second-order valence-electron chi connectivity index (χ2n) is 5.53. The fourth-order valence-electron chi connectivity index (χ4n) is 2.46. The maximum absolute atomic E-state index is 12.2. The highest BCUT2D eigenvalue weighted by Gasteiger charge is 2.12. The molecule has 24 heavy (non-hydrogen) atoms. The average Bonchev–Trinajstić information content (AvgIpc) is 3.27. The molecule has 4 nitrogen and oxygen atoms in total. The van der Waals surface area contributed by atoms with Gasteiger partial charge in [-0.2, -0.15) is 0 Å². The van der Waals surface area contributed by atoms with Crippen molar-refractivity contribution in [1.82, 2.24) is 4.90 Å². The summed E-state index contributed by atoms with van der Waals surface area (Å²) in [4.78, 5) is 15.7. The van der Waals surface area contributed by atoms with E-state index in [1.54, 1.807) is 17.6 Å². The molecular weight excluding hydrogens is 320 g/mol. The van der Waals surface area contributed by atoms with Crippen LogP contribution in [0, 0.1) is 0 Å². The molecule has 0 saturated carbocycles. The molecule has 1 amide bonds. The standard InChI is InChI=1S/C19H20N2O2S/c22-19(20-16-6-2-1-3-7-16)10-11-21(14-17-8-4-12-23-17)15-18-9-5-13-24-18/h1-9,12-13H,10-11,14-15H2,(H,20,22). The van der Waals surface area contributed by atoms with E-state index in [1.807, 2.05) is 48.5 Å². The van der Waals surface area contributed by atoms with Gasteiger partial charge in [0.05, 0.1) is 12.8 Å². The normalized spacial score (nSPS) is 10.9. The van der Waals surface area contributed by atoms with Gasteiger partial charge in [0, 0.05) is 30.1 Å².